The number of amides is 1. The van der Waals surface area contributed by atoms with Crippen LogP contribution in [0.5, 0.6) is 0 Å². The zero-order chi connectivity index (χ0) is 17.0. The van der Waals surface area contributed by atoms with Gasteiger partial charge >= 0.3 is 0 Å². The molecule has 6 nitrogen and oxygen atoms in total. The molecule has 1 aliphatic carbocycles. The topological polar surface area (TPSA) is 84.8 Å². The third-order valence-electron chi connectivity index (χ3n) is 5.32. The number of aryl methyl sites for hydroxylation is 1. The Bertz CT molecular complexity index is 611. The summed E-state index contributed by atoms with van der Waals surface area (Å²) in [4.78, 5) is 14.7. The Morgan fingerprint density at radius 3 is 2.92 bits per heavy atom. The average Bonchev–Trinajstić information content (AvgIpc) is 3.02. The lowest BCUT2D eigenvalue weighted by Gasteiger charge is -2.34. The Balaban J connectivity index is 1.55. The lowest BCUT2D eigenvalue weighted by atomic mass is 9.83. The molecule has 2 aliphatic rings. The summed E-state index contributed by atoms with van der Waals surface area (Å²) in [7, 11) is 0. The Kier molecular flexibility index (Phi) is 5.20. The highest BCUT2D eigenvalue weighted by atomic mass is 16.2. The number of aromatic amines is 1. The maximum Gasteiger partial charge on any atom is 0.235 e. The molecule has 1 atom stereocenters. The molecule has 0 radical (unpaired) electrons. The summed E-state index contributed by atoms with van der Waals surface area (Å²) in [5.41, 5.74) is 1.54. The van der Waals surface area contributed by atoms with Crippen LogP contribution in [-0.2, 0) is 4.79 Å². The molecule has 1 aliphatic heterocycles. The fourth-order valence-corrected chi connectivity index (χ4v) is 4.02. The first kappa shape index (κ1) is 17.0. The summed E-state index contributed by atoms with van der Waals surface area (Å²) in [6, 6.07) is 4.46. The highest BCUT2D eigenvalue weighted by molar-refractivity contribution is 5.79. The van der Waals surface area contributed by atoms with Gasteiger partial charge in [0.2, 0.25) is 5.91 Å². The Hall–Kier alpha value is -1.87. The number of hydrogen-bond acceptors (Lipinski definition) is 4. The van der Waals surface area contributed by atoms with Crippen LogP contribution in [0.3, 0.4) is 0 Å². The Labute approximate surface area is 143 Å². The first-order chi connectivity index (χ1) is 11.6. The van der Waals surface area contributed by atoms with Crippen LogP contribution in [0.2, 0.25) is 0 Å². The molecule has 1 aromatic heterocycles. The van der Waals surface area contributed by atoms with Crippen molar-refractivity contribution < 1.29 is 4.79 Å². The molecule has 24 heavy (non-hydrogen) atoms. The van der Waals surface area contributed by atoms with Gasteiger partial charge in [-0.2, -0.15) is 10.4 Å². The minimum atomic E-state index is -0.635. The largest absolute Gasteiger partial charge is 0.337 e. The quantitative estimate of drug-likeness (QED) is 0.887. The second-order valence-corrected chi connectivity index (χ2v) is 7.35. The van der Waals surface area contributed by atoms with Crippen molar-refractivity contribution in [3.63, 3.8) is 0 Å². The number of piperidine rings is 1. The van der Waals surface area contributed by atoms with Crippen LogP contribution in [0.25, 0.3) is 0 Å². The number of aromatic nitrogens is 2. The van der Waals surface area contributed by atoms with Crippen molar-refractivity contribution in [3.8, 4) is 6.07 Å². The molecule has 0 unspecified atom stereocenters. The highest BCUT2D eigenvalue weighted by Crippen LogP contribution is 2.28. The SMILES string of the molecule is Cc1cc([C@@H]2CCCN(CC(=O)NC3(C#N)CCCCC3)C2)n[nH]1. The van der Waals surface area contributed by atoms with Crippen LogP contribution >= 0.6 is 0 Å². The van der Waals surface area contributed by atoms with E-state index in [4.69, 9.17) is 0 Å². The second kappa shape index (κ2) is 7.35. The summed E-state index contributed by atoms with van der Waals surface area (Å²) in [6.45, 7) is 4.18. The van der Waals surface area contributed by atoms with Gasteiger partial charge in [-0.05, 0) is 45.2 Å². The average molecular weight is 329 g/mol. The monoisotopic (exact) mass is 329 g/mol. The van der Waals surface area contributed by atoms with E-state index >= 15 is 0 Å². The molecule has 2 N–H and O–H groups in total. The van der Waals surface area contributed by atoms with Crippen LogP contribution in [0.15, 0.2) is 6.07 Å². The lowest BCUT2D eigenvalue weighted by Crippen LogP contribution is -2.52. The zero-order valence-corrected chi connectivity index (χ0v) is 14.5. The van der Waals surface area contributed by atoms with E-state index in [0.29, 0.717) is 12.5 Å². The van der Waals surface area contributed by atoms with Gasteiger partial charge in [0.1, 0.15) is 5.54 Å². The number of hydrogen-bond donors (Lipinski definition) is 2. The van der Waals surface area contributed by atoms with Gasteiger partial charge in [-0.25, -0.2) is 0 Å². The normalized spacial score (nSPS) is 24.2. The minimum absolute atomic E-state index is 0.0164. The van der Waals surface area contributed by atoms with Crippen LogP contribution in [-0.4, -0.2) is 46.2 Å². The molecule has 1 amide bonds. The number of carbonyl (C=O) groups excluding carboxylic acids is 1. The molecule has 0 spiro atoms. The molecule has 6 heteroatoms. The predicted molar refractivity (Wildman–Crippen MR) is 91.3 cm³/mol. The molecule has 3 rings (SSSR count). The molecule has 130 valence electrons. The fraction of sp³-hybridized carbons (Fsp3) is 0.722. The van der Waals surface area contributed by atoms with Gasteiger partial charge in [0.05, 0.1) is 18.3 Å². The van der Waals surface area contributed by atoms with E-state index in [1.165, 1.54) is 0 Å². The summed E-state index contributed by atoms with van der Waals surface area (Å²) < 4.78 is 0. The first-order valence-electron chi connectivity index (χ1n) is 9.07. The van der Waals surface area contributed by atoms with Gasteiger partial charge in [0.25, 0.3) is 0 Å². The number of nitriles is 1. The molecular weight excluding hydrogens is 302 g/mol. The van der Waals surface area contributed by atoms with Crippen LogP contribution in [0, 0.1) is 18.3 Å². The van der Waals surface area contributed by atoms with Crippen molar-refractivity contribution in [3.05, 3.63) is 17.5 Å². The summed E-state index contributed by atoms with van der Waals surface area (Å²) in [5, 5.41) is 19.9. The fourth-order valence-electron chi connectivity index (χ4n) is 4.02. The van der Waals surface area contributed by atoms with E-state index in [1.54, 1.807) is 0 Å². The van der Waals surface area contributed by atoms with Crippen LogP contribution in [0.1, 0.15) is 62.3 Å². The van der Waals surface area contributed by atoms with Crippen molar-refractivity contribution in [1.29, 1.82) is 5.26 Å². The molecule has 1 saturated heterocycles. The number of rotatable bonds is 4. The standard InChI is InChI=1S/C18H27N5O/c1-14-10-16(22-21-14)15-6-5-9-23(11-15)12-17(24)20-18(13-19)7-3-2-4-8-18/h10,15H,2-9,11-12H2,1H3,(H,20,24)(H,21,22)/t15-/m1/s1. The van der Waals surface area contributed by atoms with Gasteiger partial charge in [0, 0.05) is 18.2 Å². The zero-order valence-electron chi connectivity index (χ0n) is 14.5. The molecular formula is C18H27N5O. The van der Waals surface area contributed by atoms with Crippen LogP contribution < -0.4 is 5.32 Å². The van der Waals surface area contributed by atoms with Gasteiger partial charge < -0.3 is 5.32 Å². The molecule has 2 fully saturated rings. The van der Waals surface area contributed by atoms with Crippen molar-refractivity contribution in [1.82, 2.24) is 20.4 Å². The number of H-pyrrole nitrogens is 1. The third-order valence-corrected chi connectivity index (χ3v) is 5.32. The van der Waals surface area contributed by atoms with Gasteiger partial charge in [-0.1, -0.05) is 19.3 Å². The third kappa shape index (κ3) is 3.96. The summed E-state index contributed by atoms with van der Waals surface area (Å²) in [6.07, 6.45) is 6.97. The van der Waals surface area contributed by atoms with Gasteiger partial charge in [-0.3, -0.25) is 14.8 Å². The van der Waals surface area contributed by atoms with E-state index < -0.39 is 5.54 Å². The van der Waals surface area contributed by atoms with Crippen molar-refractivity contribution in [2.45, 2.75) is 63.3 Å². The number of likely N-dealkylation sites (tertiary alicyclic amines) is 1. The smallest absolute Gasteiger partial charge is 0.235 e. The van der Waals surface area contributed by atoms with E-state index in [0.717, 1.165) is 69.4 Å². The van der Waals surface area contributed by atoms with Crippen molar-refractivity contribution in [2.75, 3.05) is 19.6 Å². The van der Waals surface area contributed by atoms with Gasteiger partial charge in [-0.15, -0.1) is 0 Å². The number of carbonyl (C=O) groups is 1. The van der Waals surface area contributed by atoms with E-state index in [9.17, 15) is 10.1 Å². The van der Waals surface area contributed by atoms with E-state index in [1.807, 2.05) is 6.92 Å². The molecule has 0 aromatic carbocycles. The van der Waals surface area contributed by atoms with Gasteiger partial charge in [0.15, 0.2) is 0 Å². The van der Waals surface area contributed by atoms with Crippen molar-refractivity contribution >= 4 is 5.91 Å². The molecule has 0 bridgehead atoms. The summed E-state index contributed by atoms with van der Waals surface area (Å²) >= 11 is 0. The lowest BCUT2D eigenvalue weighted by molar-refractivity contribution is -0.124. The minimum Gasteiger partial charge on any atom is -0.337 e. The van der Waals surface area contributed by atoms with Crippen LogP contribution in [0.4, 0.5) is 0 Å². The second-order valence-electron chi connectivity index (χ2n) is 7.35. The molecule has 1 aromatic rings. The molecule has 1 saturated carbocycles. The van der Waals surface area contributed by atoms with Crippen molar-refractivity contribution in [2.24, 2.45) is 0 Å². The first-order valence-corrected chi connectivity index (χ1v) is 9.07. The summed E-state index contributed by atoms with van der Waals surface area (Å²) in [5.74, 6) is 0.369. The maximum absolute atomic E-state index is 12.5. The number of nitrogens with zero attached hydrogens (tertiary/aromatic N) is 3. The molecule has 2 heterocycles. The van der Waals surface area contributed by atoms with E-state index in [2.05, 4.69) is 32.5 Å². The predicted octanol–water partition coefficient (Wildman–Crippen LogP) is 2.24. The Morgan fingerprint density at radius 1 is 1.46 bits per heavy atom. The van der Waals surface area contributed by atoms with E-state index in [-0.39, 0.29) is 5.91 Å². The highest BCUT2D eigenvalue weighted by Gasteiger charge is 2.34. The Morgan fingerprint density at radius 2 is 2.25 bits per heavy atom. The maximum atomic E-state index is 12.5. The number of nitrogens with one attached hydrogen (secondary N) is 2.